The maximum atomic E-state index is 12.0. The Kier molecular flexibility index (Phi) is 3.50. The van der Waals surface area contributed by atoms with Gasteiger partial charge in [0.2, 0.25) is 0 Å². The molecule has 10 heteroatoms. The second-order valence-electron chi connectivity index (χ2n) is 3.26. The first-order valence-electron chi connectivity index (χ1n) is 4.89. The number of hydrazine groups is 1. The van der Waals surface area contributed by atoms with Gasteiger partial charge in [-0.15, -0.1) is 0 Å². The lowest BCUT2D eigenvalue weighted by Crippen LogP contribution is -2.26. The maximum Gasteiger partial charge on any atom is 0.260 e. The van der Waals surface area contributed by atoms with Crippen molar-refractivity contribution in [3.05, 3.63) is 30.5 Å². The standard InChI is InChI=1S/C8H11N7O2S/c9-14-6-2-1-3-10-8(6)18(16,17)13-4-7-11-5-12-15-7/h1-3,5,13-14H,4,9H2,(H,11,12,15). The number of nitrogens with one attached hydrogen (secondary N) is 3. The topological polar surface area (TPSA) is 139 Å². The average Bonchev–Trinajstić information content (AvgIpc) is 2.89. The van der Waals surface area contributed by atoms with E-state index >= 15 is 0 Å². The van der Waals surface area contributed by atoms with Crippen LogP contribution in [0.5, 0.6) is 0 Å². The third kappa shape index (κ3) is 2.61. The molecule has 2 rings (SSSR count). The van der Waals surface area contributed by atoms with Gasteiger partial charge in [0.25, 0.3) is 10.0 Å². The van der Waals surface area contributed by atoms with Gasteiger partial charge in [-0.25, -0.2) is 23.1 Å². The Balaban J connectivity index is 2.20. The average molecular weight is 269 g/mol. The van der Waals surface area contributed by atoms with Crippen molar-refractivity contribution in [3.8, 4) is 0 Å². The van der Waals surface area contributed by atoms with E-state index in [9.17, 15) is 8.42 Å². The fraction of sp³-hybridized carbons (Fsp3) is 0.125. The minimum atomic E-state index is -3.77. The Labute approximate surface area is 103 Å². The number of aromatic nitrogens is 4. The largest absolute Gasteiger partial charge is 0.321 e. The Bertz CT molecular complexity index is 610. The van der Waals surface area contributed by atoms with E-state index in [2.05, 4.69) is 30.3 Å². The first-order valence-corrected chi connectivity index (χ1v) is 6.37. The number of pyridine rings is 1. The molecule has 0 atom stereocenters. The molecule has 2 aromatic heterocycles. The number of aromatic amines is 1. The minimum absolute atomic E-state index is 0.0110. The van der Waals surface area contributed by atoms with Crippen LogP contribution in [0, 0.1) is 0 Å². The molecule has 5 N–H and O–H groups in total. The molecule has 0 unspecified atom stereocenters. The van der Waals surface area contributed by atoms with Crippen LogP contribution < -0.4 is 16.0 Å². The highest BCUT2D eigenvalue weighted by atomic mass is 32.2. The van der Waals surface area contributed by atoms with Crippen LogP contribution >= 0.6 is 0 Å². The summed E-state index contributed by atoms with van der Waals surface area (Å²) in [6.07, 6.45) is 2.65. The van der Waals surface area contributed by atoms with Crippen molar-refractivity contribution in [1.82, 2.24) is 24.9 Å². The molecule has 2 aromatic rings. The molecule has 0 bridgehead atoms. The molecular formula is C8H11N7O2S. The summed E-state index contributed by atoms with van der Waals surface area (Å²) in [4.78, 5) is 7.58. The molecule has 0 amide bonds. The van der Waals surface area contributed by atoms with E-state index in [0.29, 0.717) is 5.82 Å². The van der Waals surface area contributed by atoms with Crippen LogP contribution in [-0.2, 0) is 16.6 Å². The number of sulfonamides is 1. The van der Waals surface area contributed by atoms with E-state index in [4.69, 9.17) is 5.84 Å². The maximum absolute atomic E-state index is 12.0. The van der Waals surface area contributed by atoms with Crippen molar-refractivity contribution < 1.29 is 8.42 Å². The van der Waals surface area contributed by atoms with Gasteiger partial charge in [0.15, 0.2) is 5.03 Å². The Morgan fingerprint density at radius 1 is 1.39 bits per heavy atom. The quantitative estimate of drug-likeness (QED) is 0.402. The van der Waals surface area contributed by atoms with E-state index < -0.39 is 10.0 Å². The van der Waals surface area contributed by atoms with Gasteiger partial charge in [-0.1, -0.05) is 0 Å². The molecule has 96 valence electrons. The number of nitrogens with two attached hydrogens (primary N) is 1. The van der Waals surface area contributed by atoms with Crippen LogP contribution in [0.2, 0.25) is 0 Å². The molecule has 0 aliphatic rings. The second-order valence-corrected chi connectivity index (χ2v) is 4.94. The zero-order chi connectivity index (χ0) is 13.0. The number of rotatable bonds is 5. The molecule has 0 aliphatic heterocycles. The molecule has 0 fully saturated rings. The van der Waals surface area contributed by atoms with Crippen LogP contribution in [0.1, 0.15) is 5.82 Å². The molecule has 0 saturated carbocycles. The summed E-state index contributed by atoms with van der Waals surface area (Å²) in [5.74, 6) is 5.63. The summed E-state index contributed by atoms with van der Waals surface area (Å²) in [5, 5.41) is 5.98. The van der Waals surface area contributed by atoms with Gasteiger partial charge in [-0.2, -0.15) is 5.10 Å². The van der Waals surface area contributed by atoms with E-state index in [1.165, 1.54) is 18.6 Å². The van der Waals surface area contributed by atoms with Gasteiger partial charge in [0.1, 0.15) is 12.2 Å². The predicted octanol–water partition coefficient (Wildman–Crippen LogP) is -1.04. The summed E-state index contributed by atoms with van der Waals surface area (Å²) in [5.41, 5.74) is 2.49. The Morgan fingerprint density at radius 3 is 2.89 bits per heavy atom. The third-order valence-electron chi connectivity index (χ3n) is 2.08. The molecule has 0 saturated heterocycles. The third-order valence-corrected chi connectivity index (χ3v) is 3.43. The molecule has 18 heavy (non-hydrogen) atoms. The Morgan fingerprint density at radius 2 is 2.22 bits per heavy atom. The highest BCUT2D eigenvalue weighted by molar-refractivity contribution is 7.89. The van der Waals surface area contributed by atoms with E-state index in [-0.39, 0.29) is 17.3 Å². The lowest BCUT2D eigenvalue weighted by atomic mass is 10.4. The Hall–Kier alpha value is -2.04. The fourth-order valence-corrected chi connectivity index (χ4v) is 2.34. The predicted molar refractivity (Wildman–Crippen MR) is 62.5 cm³/mol. The lowest BCUT2D eigenvalue weighted by Gasteiger charge is -2.08. The molecular weight excluding hydrogens is 258 g/mol. The van der Waals surface area contributed by atoms with Crippen LogP contribution in [-0.4, -0.2) is 28.6 Å². The van der Waals surface area contributed by atoms with Crippen molar-refractivity contribution >= 4 is 15.7 Å². The van der Waals surface area contributed by atoms with E-state index in [1.54, 1.807) is 6.07 Å². The smallest absolute Gasteiger partial charge is 0.260 e. The van der Waals surface area contributed by atoms with Crippen LogP contribution in [0.4, 0.5) is 5.69 Å². The number of nitrogen functional groups attached to an aromatic ring is 1. The summed E-state index contributed by atoms with van der Waals surface area (Å²) >= 11 is 0. The van der Waals surface area contributed by atoms with Crippen molar-refractivity contribution in [3.63, 3.8) is 0 Å². The summed E-state index contributed by atoms with van der Waals surface area (Å²) in [7, 11) is -3.77. The van der Waals surface area contributed by atoms with Gasteiger partial charge < -0.3 is 5.43 Å². The van der Waals surface area contributed by atoms with Gasteiger partial charge in [-0.05, 0) is 12.1 Å². The molecule has 0 radical (unpaired) electrons. The lowest BCUT2D eigenvalue weighted by molar-refractivity contribution is 0.576. The molecule has 0 aromatic carbocycles. The monoisotopic (exact) mass is 269 g/mol. The summed E-state index contributed by atoms with van der Waals surface area (Å²) < 4.78 is 26.3. The van der Waals surface area contributed by atoms with Crippen molar-refractivity contribution in [2.24, 2.45) is 5.84 Å². The number of hydrogen-bond donors (Lipinski definition) is 4. The van der Waals surface area contributed by atoms with Gasteiger partial charge >= 0.3 is 0 Å². The minimum Gasteiger partial charge on any atom is -0.321 e. The highest BCUT2D eigenvalue weighted by Crippen LogP contribution is 2.16. The number of nitrogens with zero attached hydrogens (tertiary/aromatic N) is 3. The highest BCUT2D eigenvalue weighted by Gasteiger charge is 2.19. The number of hydrogen-bond acceptors (Lipinski definition) is 7. The summed E-state index contributed by atoms with van der Waals surface area (Å²) in [6.45, 7) is -0.0110. The van der Waals surface area contributed by atoms with Crippen LogP contribution in [0.15, 0.2) is 29.7 Å². The molecule has 0 aliphatic carbocycles. The summed E-state index contributed by atoms with van der Waals surface area (Å²) in [6, 6.07) is 3.08. The van der Waals surface area contributed by atoms with Gasteiger partial charge in [-0.3, -0.25) is 10.9 Å². The van der Waals surface area contributed by atoms with Crippen molar-refractivity contribution in [2.75, 3.05) is 5.43 Å². The normalized spacial score (nSPS) is 11.4. The van der Waals surface area contributed by atoms with Gasteiger partial charge in [0.05, 0.1) is 12.2 Å². The fourth-order valence-electron chi connectivity index (χ4n) is 1.26. The first kappa shape index (κ1) is 12.4. The molecule has 9 nitrogen and oxygen atoms in total. The van der Waals surface area contributed by atoms with E-state index in [1.807, 2.05) is 0 Å². The SMILES string of the molecule is NNc1cccnc1S(=O)(=O)NCc1ncn[nH]1. The number of H-pyrrole nitrogens is 1. The van der Waals surface area contributed by atoms with E-state index in [0.717, 1.165) is 0 Å². The second kappa shape index (κ2) is 5.08. The van der Waals surface area contributed by atoms with Gasteiger partial charge in [0, 0.05) is 6.20 Å². The van der Waals surface area contributed by atoms with Crippen LogP contribution in [0.3, 0.4) is 0 Å². The number of anilines is 1. The first-order chi connectivity index (χ1) is 8.63. The zero-order valence-corrected chi connectivity index (χ0v) is 9.98. The van der Waals surface area contributed by atoms with Crippen molar-refractivity contribution in [2.45, 2.75) is 11.6 Å². The van der Waals surface area contributed by atoms with Crippen molar-refractivity contribution in [1.29, 1.82) is 0 Å². The molecule has 2 heterocycles. The zero-order valence-electron chi connectivity index (χ0n) is 9.16. The van der Waals surface area contributed by atoms with Crippen LogP contribution in [0.25, 0.3) is 0 Å². The molecule has 0 spiro atoms.